The summed E-state index contributed by atoms with van der Waals surface area (Å²) in [6.07, 6.45) is 3.47. The zero-order valence-electron chi connectivity index (χ0n) is 15.3. The molecule has 1 aromatic carbocycles. The van der Waals surface area contributed by atoms with E-state index in [1.165, 1.54) is 0 Å². The molecule has 0 saturated carbocycles. The van der Waals surface area contributed by atoms with Crippen molar-refractivity contribution < 1.29 is 9.53 Å². The molecule has 3 aromatic rings. The Labute approximate surface area is 172 Å². The number of carbonyl (C=O) groups excluding carboxylic acids is 1. The summed E-state index contributed by atoms with van der Waals surface area (Å²) in [6, 6.07) is 7.42. The second-order valence-electron chi connectivity index (χ2n) is 6.58. The summed E-state index contributed by atoms with van der Waals surface area (Å²) in [6.45, 7) is 2.99. The lowest BCUT2D eigenvalue weighted by molar-refractivity contribution is -0.132. The Morgan fingerprint density at radius 3 is 2.71 bits per heavy atom. The number of benzene rings is 1. The van der Waals surface area contributed by atoms with Crippen LogP contribution in [0, 0.1) is 0 Å². The largest absolute Gasteiger partial charge is 0.495 e. The molecule has 0 atom stereocenters. The van der Waals surface area contributed by atoms with Crippen LogP contribution in [0.25, 0.3) is 10.9 Å². The molecule has 2 aromatic heterocycles. The quantitative estimate of drug-likeness (QED) is 0.607. The Balaban J connectivity index is 1.38. The Morgan fingerprint density at radius 2 is 1.96 bits per heavy atom. The third kappa shape index (κ3) is 3.86. The first-order chi connectivity index (χ1) is 13.5. The van der Waals surface area contributed by atoms with Crippen molar-refractivity contribution in [3.63, 3.8) is 0 Å². The van der Waals surface area contributed by atoms with Crippen molar-refractivity contribution in [1.82, 2.24) is 19.7 Å². The first-order valence-corrected chi connectivity index (χ1v) is 9.64. The summed E-state index contributed by atoms with van der Waals surface area (Å²) >= 11 is 12.0. The van der Waals surface area contributed by atoms with Gasteiger partial charge in [0.2, 0.25) is 5.91 Å². The molecule has 0 spiro atoms. The standard InChI is InChI=1S/C19H19Cl2N5O2/c1-28-17-8-14(2-3-15(17)20)24-4-6-25(7-5-24)19(27)12-26-11-13-10-22-18(21)9-16(13)23-26/h2-3,8-11H,4-7,12H2,1H3. The van der Waals surface area contributed by atoms with Gasteiger partial charge in [0.1, 0.15) is 17.4 Å². The van der Waals surface area contributed by atoms with E-state index in [-0.39, 0.29) is 12.5 Å². The van der Waals surface area contributed by atoms with Gasteiger partial charge in [0.25, 0.3) is 0 Å². The van der Waals surface area contributed by atoms with Gasteiger partial charge in [0.15, 0.2) is 0 Å². The van der Waals surface area contributed by atoms with Crippen LogP contribution in [0.3, 0.4) is 0 Å². The molecule has 0 aliphatic carbocycles. The number of hydrogen-bond acceptors (Lipinski definition) is 5. The molecule has 1 saturated heterocycles. The van der Waals surface area contributed by atoms with Gasteiger partial charge >= 0.3 is 0 Å². The Kier molecular flexibility index (Phi) is 5.28. The molecule has 0 bridgehead atoms. The van der Waals surface area contributed by atoms with E-state index < -0.39 is 0 Å². The van der Waals surface area contributed by atoms with Crippen LogP contribution in [0.2, 0.25) is 10.2 Å². The molecule has 4 rings (SSSR count). The summed E-state index contributed by atoms with van der Waals surface area (Å²) in [5.41, 5.74) is 1.77. The maximum atomic E-state index is 12.7. The maximum Gasteiger partial charge on any atom is 0.244 e. The van der Waals surface area contributed by atoms with Crippen molar-refractivity contribution in [2.75, 3.05) is 38.2 Å². The average Bonchev–Trinajstić information content (AvgIpc) is 3.09. The molecular formula is C19H19Cl2N5O2. The van der Waals surface area contributed by atoms with Gasteiger partial charge in [0, 0.05) is 61.8 Å². The minimum atomic E-state index is 0.0419. The van der Waals surface area contributed by atoms with Crippen LogP contribution in [-0.4, -0.2) is 58.9 Å². The van der Waals surface area contributed by atoms with E-state index in [0.717, 1.165) is 29.7 Å². The topological polar surface area (TPSA) is 63.5 Å². The van der Waals surface area contributed by atoms with Crippen LogP contribution in [0.1, 0.15) is 0 Å². The van der Waals surface area contributed by atoms with Crippen LogP contribution < -0.4 is 9.64 Å². The van der Waals surface area contributed by atoms with E-state index in [4.69, 9.17) is 27.9 Å². The van der Waals surface area contributed by atoms with Gasteiger partial charge in [-0.1, -0.05) is 23.2 Å². The van der Waals surface area contributed by atoms with Gasteiger partial charge in [-0.3, -0.25) is 9.48 Å². The van der Waals surface area contributed by atoms with Crippen molar-refractivity contribution >= 4 is 45.7 Å². The molecule has 9 heteroatoms. The fourth-order valence-electron chi connectivity index (χ4n) is 3.32. The fraction of sp³-hybridized carbons (Fsp3) is 0.316. The molecule has 0 unspecified atom stereocenters. The summed E-state index contributed by atoms with van der Waals surface area (Å²) in [7, 11) is 1.60. The highest BCUT2D eigenvalue weighted by Crippen LogP contribution is 2.29. The summed E-state index contributed by atoms with van der Waals surface area (Å²) < 4.78 is 6.93. The molecule has 3 heterocycles. The number of piperazine rings is 1. The minimum Gasteiger partial charge on any atom is -0.495 e. The number of pyridine rings is 1. The monoisotopic (exact) mass is 419 g/mol. The van der Waals surface area contributed by atoms with Gasteiger partial charge in [-0.25, -0.2) is 4.98 Å². The zero-order chi connectivity index (χ0) is 19.7. The van der Waals surface area contributed by atoms with Gasteiger partial charge in [-0.15, -0.1) is 0 Å². The predicted octanol–water partition coefficient (Wildman–Crippen LogP) is 3.10. The Hall–Kier alpha value is -2.51. The number of rotatable bonds is 4. The van der Waals surface area contributed by atoms with Crippen molar-refractivity contribution in [3.05, 3.63) is 46.8 Å². The molecule has 1 aliphatic rings. The highest BCUT2D eigenvalue weighted by Gasteiger charge is 2.22. The number of methoxy groups -OCH3 is 1. The average molecular weight is 420 g/mol. The Morgan fingerprint density at radius 1 is 1.18 bits per heavy atom. The highest BCUT2D eigenvalue weighted by atomic mass is 35.5. The van der Waals surface area contributed by atoms with E-state index in [0.29, 0.717) is 29.0 Å². The number of halogens is 2. The van der Waals surface area contributed by atoms with Crippen molar-refractivity contribution in [2.45, 2.75) is 6.54 Å². The number of amides is 1. The molecule has 146 valence electrons. The van der Waals surface area contributed by atoms with Gasteiger partial charge < -0.3 is 14.5 Å². The number of aromatic nitrogens is 3. The van der Waals surface area contributed by atoms with Crippen molar-refractivity contribution in [1.29, 1.82) is 0 Å². The lowest BCUT2D eigenvalue weighted by Crippen LogP contribution is -2.49. The number of carbonyl (C=O) groups is 1. The molecular weight excluding hydrogens is 401 g/mol. The van der Waals surface area contributed by atoms with Crippen molar-refractivity contribution in [2.24, 2.45) is 0 Å². The van der Waals surface area contributed by atoms with Gasteiger partial charge in [-0.2, -0.15) is 5.10 Å². The van der Waals surface area contributed by atoms with E-state index in [9.17, 15) is 4.79 Å². The minimum absolute atomic E-state index is 0.0419. The van der Waals surface area contributed by atoms with E-state index >= 15 is 0 Å². The summed E-state index contributed by atoms with van der Waals surface area (Å²) in [4.78, 5) is 20.8. The zero-order valence-corrected chi connectivity index (χ0v) is 16.8. The number of hydrogen-bond donors (Lipinski definition) is 0. The predicted molar refractivity (Wildman–Crippen MR) is 109 cm³/mol. The lowest BCUT2D eigenvalue weighted by Gasteiger charge is -2.36. The molecule has 1 fully saturated rings. The van der Waals surface area contributed by atoms with E-state index in [2.05, 4.69) is 15.0 Å². The first-order valence-electron chi connectivity index (χ1n) is 8.88. The molecule has 7 nitrogen and oxygen atoms in total. The first kappa shape index (κ1) is 18.8. The normalized spacial score (nSPS) is 14.5. The van der Waals surface area contributed by atoms with E-state index in [1.54, 1.807) is 24.1 Å². The smallest absolute Gasteiger partial charge is 0.244 e. The number of ether oxygens (including phenoxy) is 1. The van der Waals surface area contributed by atoms with Crippen LogP contribution in [-0.2, 0) is 11.3 Å². The van der Waals surface area contributed by atoms with Crippen LogP contribution >= 0.6 is 23.2 Å². The number of nitrogens with zero attached hydrogens (tertiary/aromatic N) is 5. The second-order valence-corrected chi connectivity index (χ2v) is 7.37. The highest BCUT2D eigenvalue weighted by molar-refractivity contribution is 6.32. The fourth-order valence-corrected chi connectivity index (χ4v) is 3.67. The molecule has 28 heavy (non-hydrogen) atoms. The van der Waals surface area contributed by atoms with Crippen molar-refractivity contribution in [3.8, 4) is 5.75 Å². The molecule has 0 N–H and O–H groups in total. The SMILES string of the molecule is COc1cc(N2CCN(C(=O)Cn3cc4cnc(Cl)cc4n3)CC2)ccc1Cl. The van der Waals surface area contributed by atoms with E-state index in [1.807, 2.05) is 29.3 Å². The maximum absolute atomic E-state index is 12.7. The molecule has 0 radical (unpaired) electrons. The number of anilines is 1. The lowest BCUT2D eigenvalue weighted by atomic mass is 10.2. The third-order valence-electron chi connectivity index (χ3n) is 4.83. The number of fused-ring (bicyclic) bond motifs is 1. The second kappa shape index (κ2) is 7.85. The summed E-state index contributed by atoms with van der Waals surface area (Å²) in [5, 5.41) is 6.24. The third-order valence-corrected chi connectivity index (χ3v) is 5.35. The van der Waals surface area contributed by atoms with Crippen LogP contribution in [0.4, 0.5) is 5.69 Å². The molecule has 1 aliphatic heterocycles. The summed E-state index contributed by atoms with van der Waals surface area (Å²) in [5.74, 6) is 0.693. The van der Waals surface area contributed by atoms with Crippen LogP contribution in [0.5, 0.6) is 5.75 Å². The van der Waals surface area contributed by atoms with Gasteiger partial charge in [0.05, 0.1) is 17.6 Å². The molecule has 1 amide bonds. The van der Waals surface area contributed by atoms with Gasteiger partial charge in [-0.05, 0) is 12.1 Å². The van der Waals surface area contributed by atoms with Crippen LogP contribution in [0.15, 0.2) is 36.7 Å². The Bertz CT molecular complexity index is 1010.